The Bertz CT molecular complexity index is 1290. The topological polar surface area (TPSA) is 71.1 Å². The minimum Gasteiger partial charge on any atom is -0.497 e. The summed E-state index contributed by atoms with van der Waals surface area (Å²) in [4.78, 5) is 25.6. The quantitative estimate of drug-likeness (QED) is 0.245. The highest BCUT2D eigenvalue weighted by molar-refractivity contribution is 6.42. The van der Waals surface area contributed by atoms with Crippen molar-refractivity contribution in [1.82, 2.24) is 0 Å². The number of fused-ring (bicyclic) bond motifs is 1. The van der Waals surface area contributed by atoms with Crippen LogP contribution >= 0.6 is 23.2 Å². The third-order valence-corrected chi connectivity index (χ3v) is 5.81. The van der Waals surface area contributed by atoms with E-state index in [2.05, 4.69) is 0 Å². The zero-order valence-electron chi connectivity index (χ0n) is 17.9. The van der Waals surface area contributed by atoms with Gasteiger partial charge in [0.2, 0.25) is 5.78 Å². The summed E-state index contributed by atoms with van der Waals surface area (Å²) in [5.41, 5.74) is 1.81. The summed E-state index contributed by atoms with van der Waals surface area (Å²) < 4.78 is 21.8. The molecule has 0 amide bonds. The van der Waals surface area contributed by atoms with E-state index in [1.54, 1.807) is 61.5 Å². The largest absolute Gasteiger partial charge is 0.497 e. The van der Waals surface area contributed by atoms with Gasteiger partial charge in [0, 0.05) is 11.6 Å². The molecule has 8 heteroatoms. The van der Waals surface area contributed by atoms with E-state index in [0.717, 1.165) is 0 Å². The fraction of sp³-hybridized carbons (Fsp3) is 0.120. The maximum Gasteiger partial charge on any atom is 0.343 e. The lowest BCUT2D eigenvalue weighted by Crippen LogP contribution is -2.10. The van der Waals surface area contributed by atoms with Crippen molar-refractivity contribution in [3.8, 4) is 23.0 Å². The molecule has 4 rings (SSSR count). The number of hydrogen-bond acceptors (Lipinski definition) is 6. The molecular weight excluding hydrogens is 467 g/mol. The molecule has 0 bridgehead atoms. The maximum atomic E-state index is 12.8. The van der Waals surface area contributed by atoms with Crippen LogP contribution < -0.4 is 18.9 Å². The lowest BCUT2D eigenvalue weighted by Gasteiger charge is -2.11. The van der Waals surface area contributed by atoms with Gasteiger partial charge >= 0.3 is 5.97 Å². The highest BCUT2D eigenvalue weighted by Crippen LogP contribution is 2.40. The first kappa shape index (κ1) is 22.7. The van der Waals surface area contributed by atoms with Crippen molar-refractivity contribution in [2.45, 2.75) is 6.92 Å². The van der Waals surface area contributed by atoms with Gasteiger partial charge in [0.05, 0.1) is 35.4 Å². The second kappa shape index (κ2) is 9.17. The molecule has 0 saturated heterocycles. The van der Waals surface area contributed by atoms with Gasteiger partial charge in [0.1, 0.15) is 23.0 Å². The summed E-state index contributed by atoms with van der Waals surface area (Å²) in [7, 11) is 2.98. The standard InChI is InChI=1S/C25H18Cl2O6/c1-13-21(33-25(29)15-10-16(30-2)12-17(11-15)31-3)7-5-18-23(28)22(32-24(13)18)9-14-4-6-19(26)20(27)8-14/h4-12H,1-3H3/b22-9-. The van der Waals surface area contributed by atoms with Crippen LogP contribution in [0.1, 0.15) is 31.8 Å². The van der Waals surface area contributed by atoms with Gasteiger partial charge in [-0.15, -0.1) is 0 Å². The molecule has 0 N–H and O–H groups in total. The Kier molecular flexibility index (Phi) is 6.31. The number of rotatable bonds is 5. The molecule has 0 unspecified atom stereocenters. The monoisotopic (exact) mass is 484 g/mol. The number of halogens is 2. The van der Waals surface area contributed by atoms with E-state index < -0.39 is 5.97 Å². The second-order valence-corrected chi connectivity index (χ2v) is 7.98. The van der Waals surface area contributed by atoms with E-state index in [-0.39, 0.29) is 22.9 Å². The number of ketones is 1. The van der Waals surface area contributed by atoms with Crippen LogP contribution in [0.4, 0.5) is 0 Å². The maximum absolute atomic E-state index is 12.8. The predicted molar refractivity (Wildman–Crippen MR) is 125 cm³/mol. The summed E-state index contributed by atoms with van der Waals surface area (Å²) in [6.07, 6.45) is 1.58. The number of benzene rings is 3. The Morgan fingerprint density at radius 2 is 1.64 bits per heavy atom. The number of methoxy groups -OCH3 is 2. The Hall–Kier alpha value is -3.48. The van der Waals surface area contributed by atoms with Crippen molar-refractivity contribution >= 4 is 41.0 Å². The average Bonchev–Trinajstić information content (AvgIpc) is 3.13. The fourth-order valence-corrected chi connectivity index (χ4v) is 3.62. The van der Waals surface area contributed by atoms with E-state index in [0.29, 0.717) is 44.0 Å². The first-order chi connectivity index (χ1) is 15.8. The van der Waals surface area contributed by atoms with Crippen molar-refractivity contribution in [3.05, 3.63) is 86.6 Å². The molecule has 168 valence electrons. The SMILES string of the molecule is COc1cc(OC)cc(C(=O)Oc2ccc3c(c2C)O/C(=C\c2ccc(Cl)c(Cl)c2)C3=O)c1. The van der Waals surface area contributed by atoms with Gasteiger partial charge in [-0.2, -0.15) is 0 Å². The van der Waals surface area contributed by atoms with Crippen LogP contribution in [0.5, 0.6) is 23.0 Å². The highest BCUT2D eigenvalue weighted by Gasteiger charge is 2.30. The van der Waals surface area contributed by atoms with E-state index in [4.69, 9.17) is 42.1 Å². The van der Waals surface area contributed by atoms with Gasteiger partial charge in [-0.05, 0) is 55.0 Å². The summed E-state index contributed by atoms with van der Waals surface area (Å²) in [5.74, 6) is 0.758. The van der Waals surface area contributed by atoms with Gasteiger partial charge in [0.15, 0.2) is 5.76 Å². The van der Waals surface area contributed by atoms with Crippen molar-refractivity contribution in [2.75, 3.05) is 14.2 Å². The first-order valence-corrected chi connectivity index (χ1v) is 10.5. The number of esters is 1. The summed E-state index contributed by atoms with van der Waals surface area (Å²) >= 11 is 12.0. The molecule has 33 heavy (non-hydrogen) atoms. The number of ether oxygens (including phenoxy) is 4. The minimum atomic E-state index is -0.605. The van der Waals surface area contributed by atoms with Crippen LogP contribution in [0.2, 0.25) is 10.0 Å². The Balaban J connectivity index is 1.61. The molecule has 1 heterocycles. The molecule has 0 spiro atoms. The second-order valence-electron chi connectivity index (χ2n) is 7.17. The zero-order chi connectivity index (χ0) is 23.7. The third kappa shape index (κ3) is 4.53. The third-order valence-electron chi connectivity index (χ3n) is 5.07. The molecule has 0 fully saturated rings. The van der Waals surface area contributed by atoms with Crippen LogP contribution in [0.25, 0.3) is 6.08 Å². The smallest absolute Gasteiger partial charge is 0.343 e. The van der Waals surface area contributed by atoms with Gasteiger partial charge in [-0.25, -0.2) is 4.79 Å². The summed E-state index contributed by atoms with van der Waals surface area (Å²) in [5, 5.41) is 0.783. The van der Waals surface area contributed by atoms with E-state index in [9.17, 15) is 9.59 Å². The molecule has 0 aliphatic carbocycles. The van der Waals surface area contributed by atoms with Gasteiger partial charge < -0.3 is 18.9 Å². The number of carbonyl (C=O) groups excluding carboxylic acids is 2. The van der Waals surface area contributed by atoms with Crippen molar-refractivity contribution < 1.29 is 28.5 Å². The van der Waals surface area contributed by atoms with Gasteiger partial charge in [0.25, 0.3) is 0 Å². The molecule has 1 aliphatic heterocycles. The Labute approximate surface area is 200 Å². The molecule has 0 radical (unpaired) electrons. The molecule has 0 saturated carbocycles. The van der Waals surface area contributed by atoms with E-state index in [1.807, 2.05) is 0 Å². The molecule has 0 atom stereocenters. The molecule has 0 aromatic heterocycles. The fourth-order valence-electron chi connectivity index (χ4n) is 3.32. The molecule has 1 aliphatic rings. The van der Waals surface area contributed by atoms with Crippen LogP contribution in [-0.4, -0.2) is 26.0 Å². The van der Waals surface area contributed by atoms with Crippen LogP contribution in [0, 0.1) is 6.92 Å². The first-order valence-electron chi connectivity index (χ1n) is 9.79. The highest BCUT2D eigenvalue weighted by atomic mass is 35.5. The molecule has 3 aromatic carbocycles. The van der Waals surface area contributed by atoms with Crippen LogP contribution in [0.3, 0.4) is 0 Å². The molecule has 6 nitrogen and oxygen atoms in total. The lowest BCUT2D eigenvalue weighted by molar-refractivity contribution is 0.0732. The number of carbonyl (C=O) groups is 2. The summed E-state index contributed by atoms with van der Waals surface area (Å²) in [6.45, 7) is 1.71. The van der Waals surface area contributed by atoms with Crippen molar-refractivity contribution in [3.63, 3.8) is 0 Å². The van der Waals surface area contributed by atoms with Crippen LogP contribution in [-0.2, 0) is 0 Å². The average molecular weight is 485 g/mol. The lowest BCUT2D eigenvalue weighted by atomic mass is 10.1. The van der Waals surface area contributed by atoms with E-state index in [1.165, 1.54) is 14.2 Å². The Morgan fingerprint density at radius 1 is 0.939 bits per heavy atom. The predicted octanol–water partition coefficient (Wildman–Crippen LogP) is 6.15. The number of allylic oxidation sites excluding steroid dienone is 1. The number of hydrogen-bond donors (Lipinski definition) is 0. The zero-order valence-corrected chi connectivity index (χ0v) is 19.4. The van der Waals surface area contributed by atoms with Gasteiger partial charge in [-0.1, -0.05) is 29.3 Å². The number of Topliss-reactive ketones (excluding diaryl/α,β-unsaturated/α-hetero) is 1. The molecule has 3 aromatic rings. The van der Waals surface area contributed by atoms with Crippen LogP contribution in [0.15, 0.2) is 54.3 Å². The van der Waals surface area contributed by atoms with Crippen molar-refractivity contribution in [2.24, 2.45) is 0 Å². The normalized spacial score (nSPS) is 13.5. The molecular formula is C25H18Cl2O6. The summed E-state index contributed by atoms with van der Waals surface area (Å²) in [6, 6.07) is 12.9. The Morgan fingerprint density at radius 3 is 2.27 bits per heavy atom. The minimum absolute atomic E-state index is 0.132. The van der Waals surface area contributed by atoms with Crippen molar-refractivity contribution in [1.29, 1.82) is 0 Å². The van der Waals surface area contributed by atoms with Gasteiger partial charge in [-0.3, -0.25) is 4.79 Å². The van der Waals surface area contributed by atoms with E-state index >= 15 is 0 Å².